The van der Waals surface area contributed by atoms with Crippen molar-refractivity contribution >= 4 is 17.8 Å². The van der Waals surface area contributed by atoms with Crippen molar-refractivity contribution in [2.24, 2.45) is 0 Å². The molecule has 2 aromatic carbocycles. The second kappa shape index (κ2) is 9.22. The molecule has 0 aliphatic carbocycles. The lowest BCUT2D eigenvalue weighted by Crippen LogP contribution is -2.41. The van der Waals surface area contributed by atoms with Crippen LogP contribution in [0.15, 0.2) is 60.7 Å². The highest BCUT2D eigenvalue weighted by atomic mass is 16.4. The highest BCUT2D eigenvalue weighted by Crippen LogP contribution is 2.03. The zero-order chi connectivity index (χ0) is 18.1. The van der Waals surface area contributed by atoms with Crippen LogP contribution < -0.4 is 10.6 Å². The fourth-order valence-corrected chi connectivity index (χ4v) is 2.29. The van der Waals surface area contributed by atoms with E-state index in [1.807, 2.05) is 6.07 Å². The second-order valence-corrected chi connectivity index (χ2v) is 5.49. The zero-order valence-electron chi connectivity index (χ0n) is 13.6. The van der Waals surface area contributed by atoms with Crippen LogP contribution in [0.3, 0.4) is 0 Å². The SMILES string of the molecule is O=C(NCCCC(NC(=O)c1ccccc1)C(=O)O)c1ccccc1. The number of benzene rings is 2. The van der Waals surface area contributed by atoms with Crippen LogP contribution in [0.4, 0.5) is 0 Å². The first kappa shape index (κ1) is 18.2. The Kier molecular flexibility index (Phi) is 6.71. The largest absolute Gasteiger partial charge is 0.480 e. The molecule has 0 aromatic heterocycles. The van der Waals surface area contributed by atoms with Crippen LogP contribution in [0.25, 0.3) is 0 Å². The van der Waals surface area contributed by atoms with Gasteiger partial charge in [-0.05, 0) is 37.1 Å². The molecule has 6 nitrogen and oxygen atoms in total. The maximum Gasteiger partial charge on any atom is 0.326 e. The molecule has 0 saturated heterocycles. The summed E-state index contributed by atoms with van der Waals surface area (Å²) in [6.45, 7) is 0.332. The van der Waals surface area contributed by atoms with Crippen LogP contribution in [-0.4, -0.2) is 35.5 Å². The van der Waals surface area contributed by atoms with E-state index in [2.05, 4.69) is 10.6 Å². The molecule has 2 rings (SSSR count). The molecule has 0 heterocycles. The first-order valence-corrected chi connectivity index (χ1v) is 8.00. The van der Waals surface area contributed by atoms with Gasteiger partial charge in [-0.15, -0.1) is 0 Å². The molecule has 0 bridgehead atoms. The van der Waals surface area contributed by atoms with E-state index in [9.17, 15) is 19.5 Å². The monoisotopic (exact) mass is 340 g/mol. The molecule has 3 N–H and O–H groups in total. The summed E-state index contributed by atoms with van der Waals surface area (Å²) in [6.07, 6.45) is 0.660. The van der Waals surface area contributed by atoms with E-state index in [4.69, 9.17) is 0 Å². The summed E-state index contributed by atoms with van der Waals surface area (Å²) >= 11 is 0. The lowest BCUT2D eigenvalue weighted by Gasteiger charge is -2.14. The number of carbonyl (C=O) groups excluding carboxylic acids is 2. The van der Waals surface area contributed by atoms with E-state index >= 15 is 0 Å². The van der Waals surface area contributed by atoms with Crippen molar-refractivity contribution in [1.29, 1.82) is 0 Å². The predicted molar refractivity (Wildman–Crippen MR) is 93.3 cm³/mol. The molecule has 0 aliphatic rings. The number of carboxylic acids is 1. The molecule has 2 amide bonds. The molecular weight excluding hydrogens is 320 g/mol. The molecule has 25 heavy (non-hydrogen) atoms. The Morgan fingerprint density at radius 2 is 1.36 bits per heavy atom. The summed E-state index contributed by atoms with van der Waals surface area (Å²) in [7, 11) is 0. The van der Waals surface area contributed by atoms with Crippen LogP contribution >= 0.6 is 0 Å². The van der Waals surface area contributed by atoms with Crippen molar-refractivity contribution in [3.63, 3.8) is 0 Å². The van der Waals surface area contributed by atoms with Crippen molar-refractivity contribution in [1.82, 2.24) is 10.6 Å². The number of amides is 2. The fourth-order valence-electron chi connectivity index (χ4n) is 2.29. The van der Waals surface area contributed by atoms with E-state index < -0.39 is 17.9 Å². The van der Waals surface area contributed by atoms with E-state index in [-0.39, 0.29) is 12.3 Å². The van der Waals surface area contributed by atoms with Crippen molar-refractivity contribution in [3.8, 4) is 0 Å². The number of hydrogen-bond donors (Lipinski definition) is 3. The molecule has 1 atom stereocenters. The van der Waals surface area contributed by atoms with Crippen molar-refractivity contribution in [2.75, 3.05) is 6.54 Å². The minimum Gasteiger partial charge on any atom is -0.480 e. The fraction of sp³-hybridized carbons (Fsp3) is 0.211. The van der Waals surface area contributed by atoms with Gasteiger partial charge in [-0.2, -0.15) is 0 Å². The zero-order valence-corrected chi connectivity index (χ0v) is 13.6. The molecule has 0 saturated carbocycles. The van der Waals surface area contributed by atoms with E-state index in [0.29, 0.717) is 24.1 Å². The van der Waals surface area contributed by atoms with Crippen molar-refractivity contribution in [3.05, 3.63) is 71.8 Å². The number of carboxylic acid groups (broad SMARTS) is 1. The Balaban J connectivity index is 1.79. The summed E-state index contributed by atoms with van der Waals surface area (Å²) in [5.74, 6) is -1.74. The molecular formula is C19H20N2O4. The summed E-state index contributed by atoms with van der Waals surface area (Å²) in [6, 6.07) is 16.2. The molecule has 0 spiro atoms. The average molecular weight is 340 g/mol. The Labute approximate surface area is 145 Å². The van der Waals surface area contributed by atoms with Gasteiger partial charge in [0, 0.05) is 17.7 Å². The number of carbonyl (C=O) groups is 3. The lowest BCUT2D eigenvalue weighted by molar-refractivity contribution is -0.139. The average Bonchev–Trinajstić information content (AvgIpc) is 2.65. The highest BCUT2D eigenvalue weighted by Gasteiger charge is 2.20. The molecule has 0 radical (unpaired) electrons. The molecule has 0 fully saturated rings. The van der Waals surface area contributed by atoms with Gasteiger partial charge >= 0.3 is 5.97 Å². The number of hydrogen-bond acceptors (Lipinski definition) is 3. The standard InChI is InChI=1S/C19H20N2O4/c22-17(14-8-3-1-4-9-14)20-13-7-12-16(19(24)25)21-18(23)15-10-5-2-6-11-15/h1-6,8-11,16H,7,12-13H2,(H,20,22)(H,21,23)(H,24,25). The predicted octanol–water partition coefficient (Wildman–Crippen LogP) is 2.08. The third kappa shape index (κ3) is 5.76. The minimum atomic E-state index is -1.10. The Hall–Kier alpha value is -3.15. The second-order valence-electron chi connectivity index (χ2n) is 5.49. The third-order valence-electron chi connectivity index (χ3n) is 3.63. The van der Waals surface area contributed by atoms with Crippen LogP contribution in [0, 0.1) is 0 Å². The summed E-state index contributed by atoms with van der Waals surface area (Å²) in [5.41, 5.74) is 0.959. The third-order valence-corrected chi connectivity index (χ3v) is 3.63. The first-order valence-electron chi connectivity index (χ1n) is 8.00. The Morgan fingerprint density at radius 3 is 1.88 bits per heavy atom. The molecule has 1 unspecified atom stereocenters. The molecule has 0 aliphatic heterocycles. The van der Waals surface area contributed by atoms with Crippen LogP contribution in [0.5, 0.6) is 0 Å². The van der Waals surface area contributed by atoms with Crippen LogP contribution in [0.1, 0.15) is 33.6 Å². The van der Waals surface area contributed by atoms with Gasteiger partial charge in [0.05, 0.1) is 0 Å². The van der Waals surface area contributed by atoms with Gasteiger partial charge in [0.2, 0.25) is 0 Å². The van der Waals surface area contributed by atoms with Crippen molar-refractivity contribution < 1.29 is 19.5 Å². The van der Waals surface area contributed by atoms with Crippen LogP contribution in [0.2, 0.25) is 0 Å². The molecule has 130 valence electrons. The summed E-state index contributed by atoms with van der Waals surface area (Å²) < 4.78 is 0. The van der Waals surface area contributed by atoms with Crippen molar-refractivity contribution in [2.45, 2.75) is 18.9 Å². The maximum absolute atomic E-state index is 12.0. The number of nitrogens with one attached hydrogen (secondary N) is 2. The number of aliphatic carboxylic acids is 1. The summed E-state index contributed by atoms with van der Waals surface area (Å²) in [5, 5.41) is 14.5. The Bertz CT molecular complexity index is 717. The molecule has 6 heteroatoms. The van der Waals surface area contributed by atoms with E-state index in [0.717, 1.165) is 0 Å². The number of rotatable bonds is 8. The lowest BCUT2D eigenvalue weighted by atomic mass is 10.1. The maximum atomic E-state index is 12.0. The van der Waals surface area contributed by atoms with Gasteiger partial charge in [0.15, 0.2) is 0 Å². The normalized spacial score (nSPS) is 11.4. The van der Waals surface area contributed by atoms with Gasteiger partial charge in [-0.3, -0.25) is 9.59 Å². The first-order chi connectivity index (χ1) is 12.1. The topological polar surface area (TPSA) is 95.5 Å². The van der Waals surface area contributed by atoms with Crippen LogP contribution in [-0.2, 0) is 4.79 Å². The quantitative estimate of drug-likeness (QED) is 0.641. The molecule has 2 aromatic rings. The van der Waals surface area contributed by atoms with Gasteiger partial charge < -0.3 is 15.7 Å². The Morgan fingerprint density at radius 1 is 0.840 bits per heavy atom. The smallest absolute Gasteiger partial charge is 0.326 e. The van der Waals surface area contributed by atoms with Gasteiger partial charge in [0.25, 0.3) is 11.8 Å². The van der Waals surface area contributed by atoms with Gasteiger partial charge in [-0.25, -0.2) is 4.79 Å². The van der Waals surface area contributed by atoms with E-state index in [1.165, 1.54) is 0 Å². The highest BCUT2D eigenvalue weighted by molar-refractivity contribution is 5.96. The summed E-state index contributed by atoms with van der Waals surface area (Å²) in [4.78, 5) is 35.2. The van der Waals surface area contributed by atoms with E-state index in [1.54, 1.807) is 54.6 Å². The minimum absolute atomic E-state index is 0.208. The van der Waals surface area contributed by atoms with Gasteiger partial charge in [-0.1, -0.05) is 36.4 Å². The van der Waals surface area contributed by atoms with Gasteiger partial charge in [0.1, 0.15) is 6.04 Å².